The molecule has 4 atom stereocenters. The monoisotopic (exact) mass is 185 g/mol. The lowest BCUT2D eigenvalue weighted by atomic mass is 9.80. The zero-order valence-corrected chi connectivity index (χ0v) is 9.09. The fourth-order valence-electron chi connectivity index (χ4n) is 2.29. The van der Waals surface area contributed by atoms with Crippen LogP contribution in [0.5, 0.6) is 0 Å². The second kappa shape index (κ2) is 4.97. The van der Waals surface area contributed by atoms with Crippen LogP contribution in [0.3, 0.4) is 0 Å². The first kappa shape index (κ1) is 11.0. The van der Waals surface area contributed by atoms with Crippen LogP contribution < -0.4 is 5.32 Å². The van der Waals surface area contributed by atoms with Gasteiger partial charge in [-0.25, -0.2) is 0 Å². The predicted octanol–water partition coefficient (Wildman–Crippen LogP) is 1.78. The minimum atomic E-state index is -0.216. The predicted molar refractivity (Wildman–Crippen MR) is 55.7 cm³/mol. The topological polar surface area (TPSA) is 32.3 Å². The zero-order valence-electron chi connectivity index (χ0n) is 9.09. The fourth-order valence-corrected chi connectivity index (χ4v) is 2.29. The van der Waals surface area contributed by atoms with Crippen molar-refractivity contribution in [1.29, 1.82) is 0 Å². The van der Waals surface area contributed by atoms with Gasteiger partial charge in [0.05, 0.1) is 6.10 Å². The number of nitrogens with one attached hydrogen (secondary N) is 1. The lowest BCUT2D eigenvalue weighted by Gasteiger charge is -2.33. The molecular weight excluding hydrogens is 162 g/mol. The van der Waals surface area contributed by atoms with E-state index in [2.05, 4.69) is 19.2 Å². The quantitative estimate of drug-likeness (QED) is 0.702. The van der Waals surface area contributed by atoms with Gasteiger partial charge in [-0.15, -0.1) is 0 Å². The molecule has 0 spiro atoms. The van der Waals surface area contributed by atoms with E-state index < -0.39 is 0 Å². The Kier molecular flexibility index (Phi) is 4.20. The molecule has 1 aliphatic rings. The molecule has 1 fully saturated rings. The van der Waals surface area contributed by atoms with Crippen LogP contribution in [-0.2, 0) is 0 Å². The van der Waals surface area contributed by atoms with Crippen molar-refractivity contribution in [3.63, 3.8) is 0 Å². The van der Waals surface area contributed by atoms with Crippen molar-refractivity contribution in [3.05, 3.63) is 0 Å². The number of aliphatic hydroxyl groups is 1. The van der Waals surface area contributed by atoms with Crippen molar-refractivity contribution in [1.82, 2.24) is 5.32 Å². The van der Waals surface area contributed by atoms with E-state index in [4.69, 9.17) is 5.11 Å². The molecule has 1 aliphatic carbocycles. The summed E-state index contributed by atoms with van der Waals surface area (Å²) in [5, 5.41) is 12.6. The van der Waals surface area contributed by atoms with Crippen LogP contribution in [0.2, 0.25) is 0 Å². The molecule has 2 nitrogen and oxygen atoms in total. The molecule has 0 aromatic heterocycles. The summed E-state index contributed by atoms with van der Waals surface area (Å²) >= 11 is 0. The molecule has 0 saturated heterocycles. The van der Waals surface area contributed by atoms with Crippen LogP contribution in [0, 0.1) is 11.8 Å². The Morgan fingerprint density at radius 2 is 2.08 bits per heavy atom. The molecule has 0 aromatic carbocycles. The summed E-state index contributed by atoms with van der Waals surface area (Å²) in [6.07, 6.45) is 3.72. The normalized spacial score (nSPS) is 37.4. The van der Waals surface area contributed by atoms with Crippen LogP contribution in [0.1, 0.15) is 40.0 Å². The third-order valence-electron chi connectivity index (χ3n) is 3.11. The highest BCUT2D eigenvalue weighted by Crippen LogP contribution is 2.28. The van der Waals surface area contributed by atoms with Crippen molar-refractivity contribution in [2.75, 3.05) is 6.54 Å². The SMILES string of the molecule is CC(O)CNC1CCC(C)CC1C. The van der Waals surface area contributed by atoms with Crippen LogP contribution in [0.4, 0.5) is 0 Å². The first-order valence-corrected chi connectivity index (χ1v) is 5.51. The van der Waals surface area contributed by atoms with Crippen LogP contribution >= 0.6 is 0 Å². The zero-order chi connectivity index (χ0) is 9.84. The molecule has 2 heteroatoms. The van der Waals surface area contributed by atoms with E-state index in [1.165, 1.54) is 19.3 Å². The molecule has 0 amide bonds. The van der Waals surface area contributed by atoms with Crippen LogP contribution in [-0.4, -0.2) is 23.8 Å². The number of hydrogen-bond donors (Lipinski definition) is 2. The van der Waals surface area contributed by atoms with Gasteiger partial charge in [0, 0.05) is 12.6 Å². The van der Waals surface area contributed by atoms with Crippen molar-refractivity contribution in [2.45, 2.75) is 52.2 Å². The molecule has 4 unspecified atom stereocenters. The Morgan fingerprint density at radius 3 is 2.62 bits per heavy atom. The summed E-state index contributed by atoms with van der Waals surface area (Å²) in [5.41, 5.74) is 0. The highest BCUT2D eigenvalue weighted by Gasteiger charge is 2.24. The largest absolute Gasteiger partial charge is 0.392 e. The Balaban J connectivity index is 2.25. The average Bonchev–Trinajstić information content (AvgIpc) is 2.02. The first-order valence-electron chi connectivity index (χ1n) is 5.51. The average molecular weight is 185 g/mol. The van der Waals surface area contributed by atoms with E-state index >= 15 is 0 Å². The van der Waals surface area contributed by atoms with Crippen molar-refractivity contribution < 1.29 is 5.11 Å². The van der Waals surface area contributed by atoms with Crippen LogP contribution in [0.15, 0.2) is 0 Å². The third kappa shape index (κ3) is 3.65. The molecule has 0 bridgehead atoms. The van der Waals surface area contributed by atoms with E-state index in [0.29, 0.717) is 6.04 Å². The summed E-state index contributed by atoms with van der Waals surface area (Å²) in [6, 6.07) is 0.630. The maximum absolute atomic E-state index is 9.16. The Bertz CT molecular complexity index is 147. The maximum atomic E-state index is 9.16. The molecule has 0 heterocycles. The molecule has 78 valence electrons. The van der Waals surface area contributed by atoms with Gasteiger partial charge in [0.25, 0.3) is 0 Å². The Hall–Kier alpha value is -0.0800. The van der Waals surface area contributed by atoms with Gasteiger partial charge >= 0.3 is 0 Å². The lowest BCUT2D eigenvalue weighted by molar-refractivity contribution is 0.163. The minimum Gasteiger partial charge on any atom is -0.392 e. The number of hydrogen-bond acceptors (Lipinski definition) is 2. The van der Waals surface area contributed by atoms with Gasteiger partial charge in [0.15, 0.2) is 0 Å². The van der Waals surface area contributed by atoms with Gasteiger partial charge in [-0.3, -0.25) is 0 Å². The molecular formula is C11H23NO. The molecule has 2 N–H and O–H groups in total. The molecule has 0 radical (unpaired) electrons. The van der Waals surface area contributed by atoms with Gasteiger partial charge in [0.1, 0.15) is 0 Å². The fraction of sp³-hybridized carbons (Fsp3) is 1.00. The van der Waals surface area contributed by atoms with Crippen molar-refractivity contribution >= 4 is 0 Å². The highest BCUT2D eigenvalue weighted by molar-refractivity contribution is 4.81. The van der Waals surface area contributed by atoms with Gasteiger partial charge in [-0.1, -0.05) is 13.8 Å². The molecule has 1 saturated carbocycles. The summed E-state index contributed by atoms with van der Waals surface area (Å²) in [4.78, 5) is 0. The standard InChI is InChI=1S/C11H23NO/c1-8-4-5-11(9(2)6-8)12-7-10(3)13/h8-13H,4-7H2,1-3H3. The summed E-state index contributed by atoms with van der Waals surface area (Å²) in [5.74, 6) is 1.65. The third-order valence-corrected chi connectivity index (χ3v) is 3.11. The van der Waals surface area contributed by atoms with Crippen molar-refractivity contribution in [3.8, 4) is 0 Å². The van der Waals surface area contributed by atoms with Gasteiger partial charge in [0.2, 0.25) is 0 Å². The molecule has 1 rings (SSSR count). The highest BCUT2D eigenvalue weighted by atomic mass is 16.3. The lowest BCUT2D eigenvalue weighted by Crippen LogP contribution is -2.41. The first-order chi connectivity index (χ1) is 6.09. The van der Waals surface area contributed by atoms with E-state index in [1.54, 1.807) is 0 Å². The Labute approximate surface area is 81.7 Å². The van der Waals surface area contributed by atoms with E-state index in [-0.39, 0.29) is 6.10 Å². The number of rotatable bonds is 3. The van der Waals surface area contributed by atoms with E-state index in [1.807, 2.05) is 6.92 Å². The summed E-state index contributed by atoms with van der Waals surface area (Å²) in [7, 11) is 0. The van der Waals surface area contributed by atoms with Gasteiger partial charge in [-0.05, 0) is 38.0 Å². The smallest absolute Gasteiger partial charge is 0.0636 e. The van der Waals surface area contributed by atoms with E-state index in [0.717, 1.165) is 18.4 Å². The molecule has 13 heavy (non-hydrogen) atoms. The Morgan fingerprint density at radius 1 is 1.38 bits per heavy atom. The second-order valence-corrected chi connectivity index (χ2v) is 4.76. The van der Waals surface area contributed by atoms with Gasteiger partial charge in [-0.2, -0.15) is 0 Å². The minimum absolute atomic E-state index is 0.216. The summed E-state index contributed by atoms with van der Waals surface area (Å²) < 4.78 is 0. The second-order valence-electron chi connectivity index (χ2n) is 4.76. The summed E-state index contributed by atoms with van der Waals surface area (Å²) in [6.45, 7) is 7.23. The maximum Gasteiger partial charge on any atom is 0.0636 e. The number of aliphatic hydroxyl groups excluding tert-OH is 1. The van der Waals surface area contributed by atoms with Gasteiger partial charge < -0.3 is 10.4 Å². The van der Waals surface area contributed by atoms with E-state index in [9.17, 15) is 0 Å². The molecule has 0 aliphatic heterocycles. The van der Waals surface area contributed by atoms with Crippen LogP contribution in [0.25, 0.3) is 0 Å². The van der Waals surface area contributed by atoms with Crippen molar-refractivity contribution in [2.24, 2.45) is 11.8 Å². The molecule has 0 aromatic rings.